The monoisotopic (exact) mass is 302 g/mol. The summed E-state index contributed by atoms with van der Waals surface area (Å²) >= 11 is 0. The number of aryl methyl sites for hydroxylation is 1. The Morgan fingerprint density at radius 1 is 1.41 bits per heavy atom. The number of benzene rings is 1. The Hall–Kier alpha value is -2.21. The van der Waals surface area contributed by atoms with E-state index in [-0.39, 0.29) is 18.0 Å². The van der Waals surface area contributed by atoms with Crippen molar-refractivity contribution in [3.63, 3.8) is 0 Å². The maximum Gasteiger partial charge on any atom is 0.339 e. The van der Waals surface area contributed by atoms with Gasteiger partial charge in [-0.2, -0.15) is 4.98 Å². The van der Waals surface area contributed by atoms with Crippen molar-refractivity contribution in [3.05, 3.63) is 35.7 Å². The van der Waals surface area contributed by atoms with Crippen LogP contribution in [0.2, 0.25) is 0 Å². The fourth-order valence-corrected chi connectivity index (χ4v) is 2.51. The topological polar surface area (TPSA) is 74.5 Å². The number of ether oxygens (including phenoxy) is 2. The van der Waals surface area contributed by atoms with Crippen molar-refractivity contribution in [3.8, 4) is 11.5 Å². The number of hydrogen-bond acceptors (Lipinski definition) is 6. The van der Waals surface area contributed by atoms with Gasteiger partial charge in [0, 0.05) is 12.5 Å². The second-order valence-corrected chi connectivity index (χ2v) is 5.43. The van der Waals surface area contributed by atoms with Crippen molar-refractivity contribution in [2.24, 2.45) is 5.92 Å². The van der Waals surface area contributed by atoms with Crippen molar-refractivity contribution in [1.82, 2.24) is 10.1 Å². The minimum absolute atomic E-state index is 0.188. The number of carbonyl (C=O) groups is 1. The molecule has 1 aromatic heterocycles. The fraction of sp³-hybridized carbons (Fsp3) is 0.438. The van der Waals surface area contributed by atoms with Gasteiger partial charge in [-0.05, 0) is 32.4 Å². The average Bonchev–Trinajstić information content (AvgIpc) is 3.18. The average molecular weight is 302 g/mol. The number of hydrogen-bond donors (Lipinski definition) is 0. The summed E-state index contributed by atoms with van der Waals surface area (Å²) in [5, 5.41) is 3.76. The van der Waals surface area contributed by atoms with Gasteiger partial charge < -0.3 is 14.0 Å². The summed E-state index contributed by atoms with van der Waals surface area (Å²) in [7, 11) is 0. The number of esters is 1. The van der Waals surface area contributed by atoms with Gasteiger partial charge in [-0.3, -0.25) is 0 Å². The van der Waals surface area contributed by atoms with Gasteiger partial charge in [0.25, 0.3) is 5.89 Å². The highest BCUT2D eigenvalue weighted by molar-refractivity contribution is 5.96. The lowest BCUT2D eigenvalue weighted by atomic mass is 10.0. The Balaban J connectivity index is 1.80. The molecule has 1 aromatic carbocycles. The first-order valence-electron chi connectivity index (χ1n) is 7.33. The molecule has 0 N–H and O–H groups in total. The van der Waals surface area contributed by atoms with Gasteiger partial charge in [0.2, 0.25) is 0 Å². The molecular formula is C16H18N2O4. The van der Waals surface area contributed by atoms with Crippen LogP contribution < -0.4 is 0 Å². The Bertz CT molecular complexity index is 662. The van der Waals surface area contributed by atoms with Crippen LogP contribution in [0.1, 0.15) is 29.5 Å². The van der Waals surface area contributed by atoms with Crippen molar-refractivity contribution >= 4 is 5.97 Å². The second kappa shape index (κ2) is 6.27. The normalized spacial score (nSPS) is 19.1. The Kier molecular flexibility index (Phi) is 4.20. The fourth-order valence-electron chi connectivity index (χ4n) is 2.51. The van der Waals surface area contributed by atoms with Crippen LogP contribution in [-0.2, 0) is 9.47 Å². The summed E-state index contributed by atoms with van der Waals surface area (Å²) in [5.74, 6) is 0.712. The molecule has 3 rings (SSSR count). The molecule has 0 radical (unpaired) electrons. The van der Waals surface area contributed by atoms with Crippen LogP contribution in [0.5, 0.6) is 0 Å². The zero-order valence-corrected chi connectivity index (χ0v) is 12.6. The molecular weight excluding hydrogens is 284 g/mol. The molecule has 2 heterocycles. The van der Waals surface area contributed by atoms with Gasteiger partial charge in [-0.25, -0.2) is 4.79 Å². The largest absolute Gasteiger partial charge is 0.459 e. The van der Waals surface area contributed by atoms with E-state index >= 15 is 0 Å². The lowest BCUT2D eigenvalue weighted by Crippen LogP contribution is -2.24. The van der Waals surface area contributed by atoms with Crippen LogP contribution >= 0.6 is 0 Å². The lowest BCUT2D eigenvalue weighted by molar-refractivity contribution is 0.0180. The first kappa shape index (κ1) is 14.7. The van der Waals surface area contributed by atoms with Gasteiger partial charge in [-0.15, -0.1) is 0 Å². The summed E-state index contributed by atoms with van der Waals surface area (Å²) in [6, 6.07) is 7.08. The number of aromatic nitrogens is 2. The van der Waals surface area contributed by atoms with E-state index in [2.05, 4.69) is 10.1 Å². The smallest absolute Gasteiger partial charge is 0.339 e. The van der Waals surface area contributed by atoms with Gasteiger partial charge >= 0.3 is 5.97 Å². The van der Waals surface area contributed by atoms with E-state index in [1.54, 1.807) is 25.1 Å². The maximum absolute atomic E-state index is 12.5. The Morgan fingerprint density at radius 2 is 2.23 bits per heavy atom. The highest BCUT2D eigenvalue weighted by Crippen LogP contribution is 2.25. The van der Waals surface area contributed by atoms with Crippen molar-refractivity contribution in [2.75, 3.05) is 13.2 Å². The molecule has 2 aromatic rings. The quantitative estimate of drug-likeness (QED) is 0.808. The first-order valence-corrected chi connectivity index (χ1v) is 7.33. The van der Waals surface area contributed by atoms with Crippen molar-refractivity contribution in [2.45, 2.75) is 26.4 Å². The minimum atomic E-state index is -0.383. The molecule has 1 saturated heterocycles. The molecule has 2 atom stereocenters. The summed E-state index contributed by atoms with van der Waals surface area (Å²) < 4.78 is 16.1. The second-order valence-electron chi connectivity index (χ2n) is 5.43. The summed E-state index contributed by atoms with van der Waals surface area (Å²) in [5.41, 5.74) is 1.01. The molecule has 2 unspecified atom stereocenters. The molecule has 1 fully saturated rings. The van der Waals surface area contributed by atoms with E-state index in [1.807, 2.05) is 13.0 Å². The van der Waals surface area contributed by atoms with Crippen LogP contribution in [0.3, 0.4) is 0 Å². The predicted octanol–water partition coefficient (Wildman–Crippen LogP) is 2.63. The van der Waals surface area contributed by atoms with Crippen molar-refractivity contribution in [1.29, 1.82) is 0 Å². The zero-order chi connectivity index (χ0) is 15.5. The highest BCUT2D eigenvalue weighted by Gasteiger charge is 2.27. The molecule has 6 heteroatoms. The van der Waals surface area contributed by atoms with Crippen molar-refractivity contribution < 1.29 is 18.8 Å². The molecule has 6 nitrogen and oxygen atoms in total. The van der Waals surface area contributed by atoms with Gasteiger partial charge in [0.1, 0.15) is 6.10 Å². The Labute approximate surface area is 128 Å². The molecule has 0 spiro atoms. The molecule has 0 bridgehead atoms. The number of carbonyl (C=O) groups excluding carboxylic acids is 1. The molecule has 22 heavy (non-hydrogen) atoms. The van der Waals surface area contributed by atoms with Gasteiger partial charge in [0.05, 0.1) is 17.7 Å². The van der Waals surface area contributed by atoms with E-state index in [0.29, 0.717) is 29.4 Å². The third kappa shape index (κ3) is 3.01. The van der Waals surface area contributed by atoms with Crippen LogP contribution in [0.4, 0.5) is 0 Å². The SMILES string of the molecule is Cc1noc(-c2ccccc2C(=O)OC(C)C2CCOC2)n1. The summed E-state index contributed by atoms with van der Waals surface area (Å²) in [6.45, 7) is 5.00. The third-order valence-electron chi connectivity index (χ3n) is 3.83. The molecule has 0 saturated carbocycles. The lowest BCUT2D eigenvalue weighted by Gasteiger charge is -2.18. The maximum atomic E-state index is 12.5. The van der Waals surface area contributed by atoms with E-state index in [0.717, 1.165) is 13.0 Å². The van der Waals surface area contributed by atoms with Crippen LogP contribution in [-0.4, -0.2) is 35.4 Å². The van der Waals surface area contributed by atoms with E-state index in [9.17, 15) is 4.79 Å². The van der Waals surface area contributed by atoms with Crippen LogP contribution in [0.15, 0.2) is 28.8 Å². The molecule has 116 valence electrons. The Morgan fingerprint density at radius 3 is 2.91 bits per heavy atom. The number of rotatable bonds is 4. The standard InChI is InChI=1S/C16H18N2O4/c1-10(12-7-8-20-9-12)21-16(19)14-6-4-3-5-13(14)15-17-11(2)18-22-15/h3-6,10,12H,7-9H2,1-2H3. The minimum Gasteiger partial charge on any atom is -0.459 e. The van der Waals surface area contributed by atoms with E-state index in [4.69, 9.17) is 14.0 Å². The van der Waals surface area contributed by atoms with E-state index in [1.165, 1.54) is 0 Å². The van der Waals surface area contributed by atoms with Gasteiger partial charge in [-0.1, -0.05) is 17.3 Å². The predicted molar refractivity (Wildman–Crippen MR) is 78.3 cm³/mol. The molecule has 1 aliphatic heterocycles. The molecule has 1 aliphatic rings. The zero-order valence-electron chi connectivity index (χ0n) is 12.6. The van der Waals surface area contributed by atoms with Crippen LogP contribution in [0, 0.1) is 12.8 Å². The van der Waals surface area contributed by atoms with E-state index < -0.39 is 0 Å². The third-order valence-corrected chi connectivity index (χ3v) is 3.83. The molecule has 0 aliphatic carbocycles. The highest BCUT2D eigenvalue weighted by atomic mass is 16.5. The summed E-state index contributed by atoms with van der Waals surface area (Å²) in [6.07, 6.45) is 0.728. The summed E-state index contributed by atoms with van der Waals surface area (Å²) in [4.78, 5) is 16.6. The first-order chi connectivity index (χ1) is 10.6. The number of nitrogens with zero attached hydrogens (tertiary/aromatic N) is 2. The molecule has 0 amide bonds. The van der Waals surface area contributed by atoms with Crippen LogP contribution in [0.25, 0.3) is 11.5 Å². The van der Waals surface area contributed by atoms with Gasteiger partial charge in [0.15, 0.2) is 5.82 Å².